The molecule has 92 valence electrons. The minimum atomic E-state index is -1.000. The van der Waals surface area contributed by atoms with Crippen molar-refractivity contribution >= 4 is 11.9 Å². The van der Waals surface area contributed by atoms with E-state index in [-0.39, 0.29) is 0 Å². The highest BCUT2D eigenvalue weighted by Gasteiger charge is 2.39. The third-order valence-electron chi connectivity index (χ3n) is 3.80. The molecule has 0 saturated carbocycles. The normalized spacial score (nSPS) is 28.8. The average molecular weight is 236 g/mol. The van der Waals surface area contributed by atoms with E-state index in [1.165, 1.54) is 0 Å². The van der Waals surface area contributed by atoms with Crippen LogP contribution in [0.25, 0.3) is 0 Å². The molecule has 0 aromatic carbocycles. The Hall–Kier alpha value is -1.58. The second-order valence-corrected chi connectivity index (χ2v) is 4.93. The summed E-state index contributed by atoms with van der Waals surface area (Å²) in [6.07, 6.45) is 3.29. The second kappa shape index (κ2) is 4.35. The summed E-state index contributed by atoms with van der Waals surface area (Å²) in [6.45, 7) is 3.93. The van der Waals surface area contributed by atoms with Gasteiger partial charge in [0.05, 0.1) is 11.8 Å². The van der Waals surface area contributed by atoms with Gasteiger partial charge in [-0.2, -0.15) is 0 Å². The van der Waals surface area contributed by atoms with Crippen LogP contribution in [0.1, 0.15) is 32.1 Å². The Labute approximate surface area is 99.6 Å². The van der Waals surface area contributed by atoms with Crippen LogP contribution in [0.5, 0.6) is 0 Å². The van der Waals surface area contributed by atoms with E-state index in [1.54, 1.807) is 0 Å². The lowest BCUT2D eigenvalue weighted by molar-refractivity contribution is -0.154. The van der Waals surface area contributed by atoms with E-state index < -0.39 is 23.8 Å². The van der Waals surface area contributed by atoms with Crippen LogP contribution in [0.4, 0.5) is 0 Å². The molecule has 0 amide bonds. The smallest absolute Gasteiger partial charge is 0.307 e. The number of carbonyl (C=O) groups is 2. The second-order valence-electron chi connectivity index (χ2n) is 4.93. The first-order valence-corrected chi connectivity index (χ1v) is 5.81. The molecule has 2 aliphatic carbocycles. The van der Waals surface area contributed by atoms with Crippen molar-refractivity contribution < 1.29 is 19.8 Å². The van der Waals surface area contributed by atoms with Crippen molar-refractivity contribution in [3.8, 4) is 0 Å². The Kier molecular flexibility index (Phi) is 3.05. The fraction of sp³-hybridized carbons (Fsp3) is 0.538. The van der Waals surface area contributed by atoms with E-state index in [1.807, 2.05) is 0 Å². The zero-order valence-corrected chi connectivity index (χ0v) is 9.61. The topological polar surface area (TPSA) is 74.6 Å². The van der Waals surface area contributed by atoms with Gasteiger partial charge in [-0.1, -0.05) is 23.3 Å². The average Bonchev–Trinajstić information content (AvgIpc) is 2.26. The fourth-order valence-corrected chi connectivity index (χ4v) is 2.82. The lowest BCUT2D eigenvalue weighted by atomic mass is 9.71. The van der Waals surface area contributed by atoms with Crippen molar-refractivity contribution in [2.45, 2.75) is 32.1 Å². The molecule has 0 fully saturated rings. The molecule has 4 heteroatoms. The largest absolute Gasteiger partial charge is 0.481 e. The van der Waals surface area contributed by atoms with E-state index in [4.69, 9.17) is 10.2 Å². The molecular weight excluding hydrogens is 220 g/mol. The summed E-state index contributed by atoms with van der Waals surface area (Å²) in [5.74, 6) is -3.54. The van der Waals surface area contributed by atoms with Gasteiger partial charge < -0.3 is 10.2 Å². The van der Waals surface area contributed by atoms with E-state index in [2.05, 4.69) is 6.58 Å². The summed E-state index contributed by atoms with van der Waals surface area (Å²) in [4.78, 5) is 22.2. The van der Waals surface area contributed by atoms with Gasteiger partial charge in [-0.25, -0.2) is 0 Å². The number of allylic oxidation sites excluding steroid dienone is 3. The number of carboxylic acids is 2. The van der Waals surface area contributed by atoms with Crippen LogP contribution < -0.4 is 0 Å². The predicted octanol–water partition coefficient (Wildman–Crippen LogP) is 2.22. The van der Waals surface area contributed by atoms with Crippen LogP contribution in [-0.4, -0.2) is 22.2 Å². The Bertz CT molecular complexity index is 419. The van der Waals surface area contributed by atoms with E-state index in [0.29, 0.717) is 12.8 Å². The lowest BCUT2D eigenvalue weighted by Crippen LogP contribution is -2.34. The molecule has 2 aliphatic rings. The number of aliphatic carboxylic acids is 2. The third-order valence-corrected chi connectivity index (χ3v) is 3.80. The summed E-state index contributed by atoms with van der Waals surface area (Å²) in [6, 6.07) is 0. The molecule has 2 unspecified atom stereocenters. The van der Waals surface area contributed by atoms with Crippen molar-refractivity contribution in [3.05, 3.63) is 23.3 Å². The molecule has 0 spiro atoms. The summed E-state index contributed by atoms with van der Waals surface area (Å²) in [5, 5.41) is 18.2. The van der Waals surface area contributed by atoms with Gasteiger partial charge in [-0.15, -0.1) is 0 Å². The lowest BCUT2D eigenvalue weighted by Gasteiger charge is -2.33. The number of hydrogen-bond acceptors (Lipinski definition) is 2. The molecule has 0 saturated heterocycles. The summed E-state index contributed by atoms with van der Waals surface area (Å²) in [7, 11) is 0. The van der Waals surface area contributed by atoms with Crippen LogP contribution in [0.3, 0.4) is 0 Å². The third kappa shape index (κ3) is 2.25. The number of rotatable bonds is 2. The van der Waals surface area contributed by atoms with Crippen molar-refractivity contribution in [2.24, 2.45) is 11.8 Å². The van der Waals surface area contributed by atoms with Gasteiger partial charge in [-0.3, -0.25) is 9.59 Å². The molecule has 2 atom stereocenters. The van der Waals surface area contributed by atoms with E-state index in [0.717, 1.165) is 36.0 Å². The van der Waals surface area contributed by atoms with Gasteiger partial charge in [-0.05, 0) is 32.1 Å². The molecular formula is C13H16O4. The standard InChI is InChI=1S/C13H16O4/c1-7-2-3-8-5-10(12(14)15)11(13(16)17)6-9(8)4-7/h10-11H,1-6H2,(H,14,15)(H,16,17). The maximum absolute atomic E-state index is 11.1. The molecule has 2 rings (SSSR count). The predicted molar refractivity (Wildman–Crippen MR) is 61.5 cm³/mol. The SMILES string of the molecule is C=C1CCC2=C(C1)CC(C(=O)O)C(C(=O)O)C2. The maximum atomic E-state index is 11.1. The molecule has 0 aliphatic heterocycles. The molecule has 4 nitrogen and oxygen atoms in total. The highest BCUT2D eigenvalue weighted by molar-refractivity contribution is 5.81. The molecule has 0 bridgehead atoms. The number of hydrogen-bond donors (Lipinski definition) is 2. The van der Waals surface area contributed by atoms with Gasteiger partial charge in [0.15, 0.2) is 0 Å². The minimum Gasteiger partial charge on any atom is -0.481 e. The van der Waals surface area contributed by atoms with Gasteiger partial charge in [0.25, 0.3) is 0 Å². The van der Waals surface area contributed by atoms with Crippen LogP contribution >= 0.6 is 0 Å². The van der Waals surface area contributed by atoms with Gasteiger partial charge in [0.2, 0.25) is 0 Å². The maximum Gasteiger partial charge on any atom is 0.307 e. The monoisotopic (exact) mass is 236 g/mol. The molecule has 0 aromatic rings. The molecule has 0 radical (unpaired) electrons. The Morgan fingerprint density at radius 2 is 1.53 bits per heavy atom. The van der Waals surface area contributed by atoms with E-state index in [9.17, 15) is 9.59 Å². The van der Waals surface area contributed by atoms with Crippen LogP contribution in [0, 0.1) is 11.8 Å². The molecule has 2 N–H and O–H groups in total. The highest BCUT2D eigenvalue weighted by Crippen LogP contribution is 2.42. The van der Waals surface area contributed by atoms with Crippen molar-refractivity contribution in [1.29, 1.82) is 0 Å². The van der Waals surface area contributed by atoms with Crippen molar-refractivity contribution in [3.63, 3.8) is 0 Å². The van der Waals surface area contributed by atoms with Crippen molar-refractivity contribution in [2.75, 3.05) is 0 Å². The quantitative estimate of drug-likeness (QED) is 0.721. The molecule has 0 heterocycles. The summed E-state index contributed by atoms with van der Waals surface area (Å²) < 4.78 is 0. The Morgan fingerprint density at radius 3 is 2.06 bits per heavy atom. The Morgan fingerprint density at radius 1 is 1.00 bits per heavy atom. The summed E-state index contributed by atoms with van der Waals surface area (Å²) >= 11 is 0. The zero-order chi connectivity index (χ0) is 12.6. The zero-order valence-electron chi connectivity index (χ0n) is 9.61. The van der Waals surface area contributed by atoms with Gasteiger partial charge in [0, 0.05) is 0 Å². The first kappa shape index (κ1) is 11.9. The first-order valence-electron chi connectivity index (χ1n) is 5.81. The Balaban J connectivity index is 2.27. The van der Waals surface area contributed by atoms with Crippen LogP contribution in [-0.2, 0) is 9.59 Å². The van der Waals surface area contributed by atoms with Crippen molar-refractivity contribution in [1.82, 2.24) is 0 Å². The highest BCUT2D eigenvalue weighted by atomic mass is 16.4. The van der Waals surface area contributed by atoms with Crippen LogP contribution in [0.15, 0.2) is 23.3 Å². The molecule has 0 aromatic heterocycles. The first-order chi connectivity index (χ1) is 7.99. The fourth-order valence-electron chi connectivity index (χ4n) is 2.82. The summed E-state index contributed by atoms with van der Waals surface area (Å²) in [5.41, 5.74) is 3.40. The van der Waals surface area contributed by atoms with E-state index >= 15 is 0 Å². The van der Waals surface area contributed by atoms with Crippen LogP contribution in [0.2, 0.25) is 0 Å². The van der Waals surface area contributed by atoms with Gasteiger partial charge >= 0.3 is 11.9 Å². The minimum absolute atomic E-state index is 0.376. The van der Waals surface area contributed by atoms with Gasteiger partial charge in [0.1, 0.15) is 0 Å². The number of carboxylic acid groups (broad SMARTS) is 2. The molecule has 17 heavy (non-hydrogen) atoms.